The van der Waals surface area contributed by atoms with Gasteiger partial charge < -0.3 is 10.1 Å². The average Bonchev–Trinajstić information content (AvgIpc) is 2.86. The summed E-state index contributed by atoms with van der Waals surface area (Å²) < 4.78 is 7.70. The van der Waals surface area contributed by atoms with Gasteiger partial charge in [-0.25, -0.2) is 4.98 Å². The average molecular weight is 344 g/mol. The van der Waals surface area contributed by atoms with E-state index in [0.717, 1.165) is 28.8 Å². The summed E-state index contributed by atoms with van der Waals surface area (Å²) in [6.07, 6.45) is 5.26. The van der Waals surface area contributed by atoms with Crippen molar-refractivity contribution in [2.75, 3.05) is 13.2 Å². The first-order chi connectivity index (χ1) is 12.0. The third-order valence-corrected chi connectivity index (χ3v) is 5.09. The number of ether oxygens (including phenoxy) is 1. The van der Waals surface area contributed by atoms with Crippen LogP contribution in [0.15, 0.2) is 6.07 Å². The van der Waals surface area contributed by atoms with E-state index in [1.807, 2.05) is 27.0 Å². The van der Waals surface area contributed by atoms with E-state index in [0.29, 0.717) is 30.7 Å². The third kappa shape index (κ3) is 3.84. The molecule has 0 radical (unpaired) electrons. The first-order valence-electron chi connectivity index (χ1n) is 9.18. The fourth-order valence-corrected chi connectivity index (χ4v) is 3.75. The minimum atomic E-state index is -0.0908. The van der Waals surface area contributed by atoms with Crippen molar-refractivity contribution >= 4 is 16.9 Å². The second kappa shape index (κ2) is 7.52. The zero-order valence-corrected chi connectivity index (χ0v) is 15.6. The number of nitrogens with zero attached hydrogens (tertiary/aromatic N) is 3. The van der Waals surface area contributed by atoms with Crippen LogP contribution in [0.2, 0.25) is 0 Å². The number of hydrogen-bond donors (Lipinski definition) is 1. The van der Waals surface area contributed by atoms with E-state index in [4.69, 9.17) is 4.74 Å². The molecule has 6 heteroatoms. The van der Waals surface area contributed by atoms with Crippen LogP contribution >= 0.6 is 0 Å². The molecule has 2 aromatic rings. The van der Waals surface area contributed by atoms with Gasteiger partial charge in [0.25, 0.3) is 5.91 Å². The molecule has 2 heterocycles. The van der Waals surface area contributed by atoms with Crippen LogP contribution in [0.25, 0.3) is 11.0 Å². The van der Waals surface area contributed by atoms with Gasteiger partial charge in [-0.15, -0.1) is 0 Å². The van der Waals surface area contributed by atoms with Crippen molar-refractivity contribution in [2.24, 2.45) is 13.0 Å². The summed E-state index contributed by atoms with van der Waals surface area (Å²) in [5.41, 5.74) is 3.02. The Morgan fingerprint density at radius 1 is 1.36 bits per heavy atom. The highest BCUT2D eigenvalue weighted by atomic mass is 16.5. The van der Waals surface area contributed by atoms with E-state index >= 15 is 0 Å². The third-order valence-electron chi connectivity index (χ3n) is 5.09. The second-order valence-corrected chi connectivity index (χ2v) is 7.15. The molecule has 3 rings (SSSR count). The van der Waals surface area contributed by atoms with Gasteiger partial charge in [-0.05, 0) is 38.7 Å². The molecule has 136 valence electrons. The molecular weight excluding hydrogens is 316 g/mol. The van der Waals surface area contributed by atoms with E-state index in [1.54, 1.807) is 4.68 Å². The molecule has 2 aromatic heterocycles. The molecule has 25 heavy (non-hydrogen) atoms. The van der Waals surface area contributed by atoms with Gasteiger partial charge in [-0.1, -0.05) is 19.8 Å². The highest BCUT2D eigenvalue weighted by molar-refractivity contribution is 6.06. The Morgan fingerprint density at radius 3 is 2.88 bits per heavy atom. The van der Waals surface area contributed by atoms with Gasteiger partial charge in [-0.2, -0.15) is 5.10 Å². The number of pyridine rings is 1. The van der Waals surface area contributed by atoms with Gasteiger partial charge in [0.05, 0.1) is 29.4 Å². The van der Waals surface area contributed by atoms with Crippen molar-refractivity contribution in [3.8, 4) is 0 Å². The summed E-state index contributed by atoms with van der Waals surface area (Å²) in [7, 11) is 1.85. The summed E-state index contributed by atoms with van der Waals surface area (Å²) in [4.78, 5) is 17.2. The molecule has 1 amide bonds. The Labute approximate surface area is 149 Å². The van der Waals surface area contributed by atoms with Crippen molar-refractivity contribution in [1.29, 1.82) is 0 Å². The number of aromatic nitrogens is 3. The number of nitrogens with one attached hydrogen (secondary N) is 1. The van der Waals surface area contributed by atoms with Crippen molar-refractivity contribution in [3.05, 3.63) is 23.0 Å². The topological polar surface area (TPSA) is 69.0 Å². The lowest BCUT2D eigenvalue weighted by Crippen LogP contribution is -2.32. The molecule has 0 saturated heterocycles. The number of fused-ring (bicyclic) bond motifs is 1. The number of aryl methyl sites for hydroxylation is 3. The number of carbonyl (C=O) groups excluding carboxylic acids is 1. The smallest absolute Gasteiger partial charge is 0.252 e. The predicted octanol–water partition coefficient (Wildman–Crippen LogP) is 2.91. The minimum absolute atomic E-state index is 0.0908. The van der Waals surface area contributed by atoms with Crippen molar-refractivity contribution in [1.82, 2.24) is 20.1 Å². The summed E-state index contributed by atoms with van der Waals surface area (Å²) in [5, 5.41) is 8.20. The Balaban J connectivity index is 1.63. The van der Waals surface area contributed by atoms with Crippen LogP contribution in [-0.2, 0) is 11.8 Å². The lowest BCUT2D eigenvalue weighted by atomic mass is 9.88. The fraction of sp³-hybridized carbons (Fsp3) is 0.632. The molecule has 0 aliphatic heterocycles. The molecule has 0 unspecified atom stereocenters. The SMILES string of the molecule is Cc1cc(C(=O)NCCO[C@H]2CCCC[C@@H]2C)c2c(C)nn(C)c2n1. The van der Waals surface area contributed by atoms with Gasteiger partial charge in [0.2, 0.25) is 0 Å². The summed E-state index contributed by atoms with van der Waals surface area (Å²) >= 11 is 0. The number of hydrogen-bond acceptors (Lipinski definition) is 4. The number of carbonyl (C=O) groups is 1. The molecule has 0 aromatic carbocycles. The highest BCUT2D eigenvalue weighted by Crippen LogP contribution is 2.26. The quantitative estimate of drug-likeness (QED) is 0.847. The molecule has 1 N–H and O–H groups in total. The summed E-state index contributed by atoms with van der Waals surface area (Å²) in [6, 6.07) is 1.83. The van der Waals surface area contributed by atoms with Crippen LogP contribution in [0.5, 0.6) is 0 Å². The zero-order valence-electron chi connectivity index (χ0n) is 15.6. The Bertz CT molecular complexity index is 768. The van der Waals surface area contributed by atoms with Crippen LogP contribution in [0.4, 0.5) is 0 Å². The van der Waals surface area contributed by atoms with Crippen LogP contribution < -0.4 is 5.32 Å². The Morgan fingerprint density at radius 2 is 2.12 bits per heavy atom. The van der Waals surface area contributed by atoms with E-state index < -0.39 is 0 Å². The van der Waals surface area contributed by atoms with Crippen LogP contribution in [0.3, 0.4) is 0 Å². The maximum Gasteiger partial charge on any atom is 0.252 e. The van der Waals surface area contributed by atoms with Crippen LogP contribution in [-0.4, -0.2) is 39.9 Å². The van der Waals surface area contributed by atoms with Gasteiger partial charge in [-0.3, -0.25) is 9.48 Å². The fourth-order valence-electron chi connectivity index (χ4n) is 3.75. The normalized spacial score (nSPS) is 20.8. The van der Waals surface area contributed by atoms with E-state index in [1.165, 1.54) is 19.3 Å². The standard InChI is InChI=1S/C19H28N4O2/c1-12-7-5-6-8-16(12)25-10-9-20-19(24)15-11-13(2)21-18-17(15)14(3)22-23(18)4/h11-12,16H,5-10H2,1-4H3,(H,20,24)/t12-,16-/m0/s1. The van der Waals surface area contributed by atoms with Crippen molar-refractivity contribution in [2.45, 2.75) is 52.6 Å². The summed E-state index contributed by atoms with van der Waals surface area (Å²) in [6.45, 7) is 7.13. The van der Waals surface area contributed by atoms with E-state index in [2.05, 4.69) is 22.3 Å². The molecular formula is C19H28N4O2. The minimum Gasteiger partial charge on any atom is -0.376 e. The maximum absolute atomic E-state index is 12.7. The summed E-state index contributed by atoms with van der Waals surface area (Å²) in [5.74, 6) is 0.525. The molecule has 1 aliphatic carbocycles. The molecule has 0 bridgehead atoms. The van der Waals surface area contributed by atoms with Gasteiger partial charge in [0.1, 0.15) is 0 Å². The largest absolute Gasteiger partial charge is 0.376 e. The molecule has 0 spiro atoms. The predicted molar refractivity (Wildman–Crippen MR) is 97.7 cm³/mol. The molecule has 2 atom stereocenters. The molecule has 1 saturated carbocycles. The zero-order chi connectivity index (χ0) is 18.0. The lowest BCUT2D eigenvalue weighted by Gasteiger charge is -2.28. The number of rotatable bonds is 5. The van der Waals surface area contributed by atoms with Gasteiger partial charge >= 0.3 is 0 Å². The van der Waals surface area contributed by atoms with Gasteiger partial charge in [0.15, 0.2) is 5.65 Å². The molecule has 6 nitrogen and oxygen atoms in total. The second-order valence-electron chi connectivity index (χ2n) is 7.15. The van der Waals surface area contributed by atoms with Crippen LogP contribution in [0.1, 0.15) is 54.4 Å². The van der Waals surface area contributed by atoms with Crippen molar-refractivity contribution in [3.63, 3.8) is 0 Å². The van der Waals surface area contributed by atoms with Crippen molar-refractivity contribution < 1.29 is 9.53 Å². The molecule has 1 aliphatic rings. The monoisotopic (exact) mass is 344 g/mol. The Kier molecular flexibility index (Phi) is 5.37. The van der Waals surface area contributed by atoms with E-state index in [-0.39, 0.29) is 5.91 Å². The van der Waals surface area contributed by atoms with Crippen LogP contribution in [0, 0.1) is 19.8 Å². The van der Waals surface area contributed by atoms with Gasteiger partial charge in [0, 0.05) is 19.3 Å². The maximum atomic E-state index is 12.7. The first-order valence-corrected chi connectivity index (χ1v) is 9.18. The molecule has 1 fully saturated rings. The lowest BCUT2D eigenvalue weighted by molar-refractivity contribution is -0.00293. The number of amides is 1. The Hall–Kier alpha value is -1.95. The first kappa shape index (κ1) is 17.9. The highest BCUT2D eigenvalue weighted by Gasteiger charge is 2.22. The van der Waals surface area contributed by atoms with E-state index in [9.17, 15) is 4.79 Å².